The van der Waals surface area contributed by atoms with Crippen LogP contribution in [0.2, 0.25) is 0 Å². The van der Waals surface area contributed by atoms with E-state index < -0.39 is 10.0 Å². The van der Waals surface area contributed by atoms with E-state index in [1.54, 1.807) is 44.4 Å². The minimum absolute atomic E-state index is 0.116. The molecule has 1 aliphatic rings. The molecule has 1 fully saturated rings. The van der Waals surface area contributed by atoms with Crippen LogP contribution in [0.1, 0.15) is 44.2 Å². The molecule has 8 nitrogen and oxygen atoms in total. The van der Waals surface area contributed by atoms with Gasteiger partial charge < -0.3 is 10.1 Å². The highest BCUT2D eigenvalue weighted by molar-refractivity contribution is 7.89. The first-order valence-corrected chi connectivity index (χ1v) is 11.7. The van der Waals surface area contributed by atoms with Crippen molar-refractivity contribution in [2.75, 3.05) is 18.4 Å². The predicted octanol–water partition coefficient (Wildman–Crippen LogP) is 2.93. The molecule has 1 aliphatic heterocycles. The van der Waals surface area contributed by atoms with Crippen molar-refractivity contribution in [1.29, 1.82) is 0 Å². The molecule has 1 aromatic heterocycles. The van der Waals surface area contributed by atoms with Gasteiger partial charge in [0.15, 0.2) is 0 Å². The third-order valence-electron chi connectivity index (χ3n) is 5.10. The highest BCUT2D eigenvalue weighted by atomic mass is 32.2. The molecule has 2 heterocycles. The molecule has 9 heteroatoms. The average Bonchev–Trinajstić information content (AvgIpc) is 2.74. The van der Waals surface area contributed by atoms with Gasteiger partial charge in [-0.05, 0) is 55.5 Å². The molecule has 0 saturated carbocycles. The Balaban J connectivity index is 1.72. The predicted molar refractivity (Wildman–Crippen MR) is 114 cm³/mol. The number of rotatable bonds is 7. The lowest BCUT2D eigenvalue weighted by atomic mass is 10.1. The molecule has 3 rings (SSSR count). The SMILES string of the molecule is CCC(=O)Nc1ccc(S(=O)(=O)N2CCCC(Oc3ncc(CC)cn3)C2)c(C)c1. The number of nitrogens with zero attached hydrogens (tertiary/aromatic N) is 3. The van der Waals surface area contributed by atoms with Crippen molar-refractivity contribution >= 4 is 21.6 Å². The molecule has 30 heavy (non-hydrogen) atoms. The second-order valence-electron chi connectivity index (χ2n) is 7.35. The second kappa shape index (κ2) is 9.53. The number of aryl methyl sites for hydroxylation is 2. The van der Waals surface area contributed by atoms with Gasteiger partial charge in [-0.3, -0.25) is 4.79 Å². The van der Waals surface area contributed by atoms with Crippen molar-refractivity contribution in [3.63, 3.8) is 0 Å². The topological polar surface area (TPSA) is 101 Å². The Kier molecular flexibility index (Phi) is 7.04. The first-order valence-electron chi connectivity index (χ1n) is 10.2. The smallest absolute Gasteiger partial charge is 0.316 e. The van der Waals surface area contributed by atoms with E-state index in [-0.39, 0.29) is 29.5 Å². The number of amides is 1. The number of ether oxygens (including phenoxy) is 1. The molecule has 162 valence electrons. The van der Waals surface area contributed by atoms with Gasteiger partial charge in [0.25, 0.3) is 0 Å². The maximum Gasteiger partial charge on any atom is 0.316 e. The van der Waals surface area contributed by atoms with Crippen LogP contribution in [0.15, 0.2) is 35.5 Å². The van der Waals surface area contributed by atoms with E-state index in [1.165, 1.54) is 4.31 Å². The third kappa shape index (κ3) is 5.14. The van der Waals surface area contributed by atoms with E-state index in [9.17, 15) is 13.2 Å². The number of nitrogens with one attached hydrogen (secondary N) is 1. The minimum Gasteiger partial charge on any atom is -0.459 e. The summed E-state index contributed by atoms with van der Waals surface area (Å²) >= 11 is 0. The Morgan fingerprint density at radius 2 is 2.00 bits per heavy atom. The van der Waals surface area contributed by atoms with Gasteiger partial charge >= 0.3 is 6.01 Å². The zero-order valence-corrected chi connectivity index (χ0v) is 18.4. The molecule has 0 radical (unpaired) electrons. The molecule has 1 saturated heterocycles. The van der Waals surface area contributed by atoms with Crippen LogP contribution in [0.4, 0.5) is 5.69 Å². The number of anilines is 1. The lowest BCUT2D eigenvalue weighted by molar-refractivity contribution is -0.115. The minimum atomic E-state index is -3.68. The number of carbonyl (C=O) groups excluding carboxylic acids is 1. The van der Waals surface area contributed by atoms with Gasteiger partial charge in [0.2, 0.25) is 15.9 Å². The largest absolute Gasteiger partial charge is 0.459 e. The lowest BCUT2D eigenvalue weighted by Gasteiger charge is -2.32. The summed E-state index contributed by atoms with van der Waals surface area (Å²) < 4.78 is 33.8. The summed E-state index contributed by atoms with van der Waals surface area (Å²) in [7, 11) is -3.68. The van der Waals surface area contributed by atoms with Crippen LogP contribution in [-0.4, -0.2) is 47.8 Å². The van der Waals surface area contributed by atoms with Crippen molar-refractivity contribution in [2.24, 2.45) is 0 Å². The summed E-state index contributed by atoms with van der Waals surface area (Å²) in [6.07, 6.45) is 5.79. The Morgan fingerprint density at radius 1 is 1.27 bits per heavy atom. The van der Waals surface area contributed by atoms with Crippen LogP contribution in [0.25, 0.3) is 0 Å². The van der Waals surface area contributed by atoms with Gasteiger partial charge in [0.05, 0.1) is 11.4 Å². The van der Waals surface area contributed by atoms with Gasteiger partial charge in [0, 0.05) is 31.0 Å². The molecule has 1 aromatic carbocycles. The monoisotopic (exact) mass is 432 g/mol. The summed E-state index contributed by atoms with van der Waals surface area (Å²) in [5.74, 6) is -0.116. The number of aromatic nitrogens is 2. The van der Waals surface area contributed by atoms with E-state index in [1.807, 2.05) is 6.92 Å². The van der Waals surface area contributed by atoms with Crippen LogP contribution < -0.4 is 10.1 Å². The van der Waals surface area contributed by atoms with Crippen molar-refractivity contribution in [2.45, 2.75) is 57.5 Å². The van der Waals surface area contributed by atoms with E-state index in [0.29, 0.717) is 30.6 Å². The molecule has 0 bridgehead atoms. The molecule has 1 atom stereocenters. The lowest BCUT2D eigenvalue weighted by Crippen LogP contribution is -2.44. The van der Waals surface area contributed by atoms with Crippen molar-refractivity contribution in [3.8, 4) is 6.01 Å². The fraction of sp³-hybridized carbons (Fsp3) is 0.476. The fourth-order valence-corrected chi connectivity index (χ4v) is 5.08. The summed E-state index contributed by atoms with van der Waals surface area (Å²) in [6.45, 7) is 6.20. The molecule has 0 aliphatic carbocycles. The highest BCUT2D eigenvalue weighted by Crippen LogP contribution is 2.26. The first-order chi connectivity index (χ1) is 14.3. The van der Waals surface area contributed by atoms with Crippen molar-refractivity contribution in [3.05, 3.63) is 41.7 Å². The number of piperidine rings is 1. The molecular weight excluding hydrogens is 404 g/mol. The quantitative estimate of drug-likeness (QED) is 0.722. The Morgan fingerprint density at radius 3 is 2.63 bits per heavy atom. The summed E-state index contributed by atoms with van der Waals surface area (Å²) in [5.41, 5.74) is 2.19. The van der Waals surface area contributed by atoms with Gasteiger partial charge in [-0.2, -0.15) is 4.31 Å². The summed E-state index contributed by atoms with van der Waals surface area (Å²) in [5, 5.41) is 2.75. The van der Waals surface area contributed by atoms with Gasteiger partial charge in [-0.1, -0.05) is 13.8 Å². The van der Waals surface area contributed by atoms with E-state index >= 15 is 0 Å². The van der Waals surface area contributed by atoms with E-state index in [2.05, 4.69) is 15.3 Å². The Bertz CT molecular complexity index is 993. The van der Waals surface area contributed by atoms with Crippen LogP contribution in [0, 0.1) is 6.92 Å². The number of carbonyl (C=O) groups is 1. The van der Waals surface area contributed by atoms with Gasteiger partial charge in [0.1, 0.15) is 6.10 Å². The average molecular weight is 433 g/mol. The highest BCUT2D eigenvalue weighted by Gasteiger charge is 2.32. The number of benzene rings is 1. The van der Waals surface area contributed by atoms with E-state index in [0.717, 1.165) is 18.4 Å². The first kappa shape index (κ1) is 22.2. The molecule has 2 aromatic rings. The number of sulfonamides is 1. The molecule has 1 unspecified atom stereocenters. The third-order valence-corrected chi connectivity index (χ3v) is 7.13. The standard InChI is InChI=1S/C21H28N4O4S/c1-4-16-12-22-21(23-13-16)29-18-7-6-10-25(14-18)30(27,28)19-9-8-17(11-15(19)3)24-20(26)5-2/h8-9,11-13,18H,4-7,10,14H2,1-3H3,(H,24,26). The second-order valence-corrected chi connectivity index (χ2v) is 9.26. The van der Waals surface area contributed by atoms with Crippen molar-refractivity contribution in [1.82, 2.24) is 14.3 Å². The maximum absolute atomic E-state index is 13.2. The van der Waals surface area contributed by atoms with Crippen LogP contribution >= 0.6 is 0 Å². The number of hydrogen-bond donors (Lipinski definition) is 1. The molecule has 1 N–H and O–H groups in total. The zero-order chi connectivity index (χ0) is 21.7. The van der Waals surface area contributed by atoms with Gasteiger partial charge in [-0.25, -0.2) is 18.4 Å². The molecular formula is C21H28N4O4S. The zero-order valence-electron chi connectivity index (χ0n) is 17.6. The van der Waals surface area contributed by atoms with Crippen LogP contribution in [0.5, 0.6) is 6.01 Å². The Hall–Kier alpha value is -2.52. The van der Waals surface area contributed by atoms with Crippen molar-refractivity contribution < 1.29 is 17.9 Å². The normalized spacial score (nSPS) is 17.5. The van der Waals surface area contributed by atoms with Gasteiger partial charge in [-0.15, -0.1) is 0 Å². The molecule has 1 amide bonds. The number of hydrogen-bond acceptors (Lipinski definition) is 6. The summed E-state index contributed by atoms with van der Waals surface area (Å²) in [4.78, 5) is 20.2. The summed E-state index contributed by atoms with van der Waals surface area (Å²) in [6, 6.07) is 5.12. The van der Waals surface area contributed by atoms with E-state index in [4.69, 9.17) is 4.74 Å². The van der Waals surface area contributed by atoms with Crippen LogP contribution in [-0.2, 0) is 21.2 Å². The van der Waals surface area contributed by atoms with Crippen LogP contribution in [0.3, 0.4) is 0 Å². The Labute approximate surface area is 177 Å². The maximum atomic E-state index is 13.2. The molecule has 0 spiro atoms. The fourth-order valence-electron chi connectivity index (χ4n) is 3.36.